The third-order valence-corrected chi connectivity index (χ3v) is 4.82. The van der Waals surface area contributed by atoms with Crippen molar-refractivity contribution in [2.24, 2.45) is 0 Å². The van der Waals surface area contributed by atoms with E-state index in [0.29, 0.717) is 18.9 Å². The largest absolute Gasteiger partial charge is 0.389 e. The molecule has 3 heterocycles. The topological polar surface area (TPSA) is 95.5 Å². The van der Waals surface area contributed by atoms with Gasteiger partial charge in [0.1, 0.15) is 10.8 Å². The molecule has 2 atom stereocenters. The highest BCUT2D eigenvalue weighted by atomic mass is 32.1. The number of anilines is 2. The molecule has 8 heteroatoms. The fraction of sp³-hybridized carbons (Fsp3) is 0.455. The molecule has 4 N–H and O–H groups in total. The van der Waals surface area contributed by atoms with E-state index < -0.39 is 12.2 Å². The van der Waals surface area contributed by atoms with E-state index in [0.717, 1.165) is 21.3 Å². The molecule has 2 aromatic rings. The fourth-order valence-corrected chi connectivity index (χ4v) is 3.61. The van der Waals surface area contributed by atoms with Gasteiger partial charge in [-0.2, -0.15) is 4.37 Å². The number of hydrogen-bond donors (Lipinski definition) is 3. The van der Waals surface area contributed by atoms with Crippen molar-refractivity contribution in [3.63, 3.8) is 0 Å². The normalized spacial score (nSPS) is 23.2. The van der Waals surface area contributed by atoms with Gasteiger partial charge in [-0.1, -0.05) is 0 Å². The number of nitrogen functional groups attached to an aromatic ring is 1. The number of β-amino-alcohol motifs (C(OH)–C–C–N with tert-alkyl or cyclic N) is 2. The first kappa shape index (κ1) is 12.8. The van der Waals surface area contributed by atoms with E-state index in [-0.39, 0.29) is 0 Å². The molecule has 1 saturated heterocycles. The van der Waals surface area contributed by atoms with Gasteiger partial charge in [0.25, 0.3) is 0 Å². The average Bonchev–Trinajstić information content (AvgIpc) is 3.01. The third kappa shape index (κ3) is 2.20. The van der Waals surface area contributed by atoms with Crippen LogP contribution >= 0.6 is 22.9 Å². The summed E-state index contributed by atoms with van der Waals surface area (Å²) in [6.07, 6.45) is -1.46. The molecule has 0 radical (unpaired) electrons. The Morgan fingerprint density at radius 3 is 2.63 bits per heavy atom. The van der Waals surface area contributed by atoms with Gasteiger partial charge >= 0.3 is 0 Å². The van der Waals surface area contributed by atoms with E-state index in [9.17, 15) is 10.2 Å². The Balaban J connectivity index is 2.00. The molecule has 0 bridgehead atoms. The van der Waals surface area contributed by atoms with E-state index in [2.05, 4.69) is 9.36 Å². The van der Waals surface area contributed by atoms with E-state index in [4.69, 9.17) is 5.73 Å². The first-order valence-electron chi connectivity index (χ1n) is 5.85. The van der Waals surface area contributed by atoms with Crippen LogP contribution in [0.15, 0.2) is 5.38 Å². The van der Waals surface area contributed by atoms with Crippen molar-refractivity contribution in [1.29, 1.82) is 0 Å². The van der Waals surface area contributed by atoms with Crippen LogP contribution in [0.1, 0.15) is 5.01 Å². The molecule has 3 rings (SSSR count). The van der Waals surface area contributed by atoms with Crippen LogP contribution in [0, 0.1) is 6.92 Å². The minimum atomic E-state index is -0.728. The number of nitrogens with zero attached hydrogens (tertiary/aromatic N) is 3. The number of aliphatic hydroxyl groups excluding tert-OH is 2. The molecule has 19 heavy (non-hydrogen) atoms. The zero-order valence-corrected chi connectivity index (χ0v) is 11.9. The number of rotatable bonds is 2. The summed E-state index contributed by atoms with van der Waals surface area (Å²) in [5.74, 6) is 0.446. The highest BCUT2D eigenvalue weighted by Crippen LogP contribution is 2.40. The molecule has 1 aliphatic rings. The lowest BCUT2D eigenvalue weighted by atomic mass is 10.2. The maximum Gasteiger partial charge on any atom is 0.148 e. The van der Waals surface area contributed by atoms with Crippen molar-refractivity contribution in [1.82, 2.24) is 9.36 Å². The van der Waals surface area contributed by atoms with Crippen LogP contribution in [0.25, 0.3) is 11.3 Å². The maximum absolute atomic E-state index is 9.65. The second kappa shape index (κ2) is 4.71. The number of aromatic nitrogens is 2. The van der Waals surface area contributed by atoms with E-state index in [1.165, 1.54) is 11.5 Å². The van der Waals surface area contributed by atoms with Crippen molar-refractivity contribution < 1.29 is 10.2 Å². The van der Waals surface area contributed by atoms with Gasteiger partial charge in [0.15, 0.2) is 0 Å². The molecule has 102 valence electrons. The zero-order valence-electron chi connectivity index (χ0n) is 10.3. The van der Waals surface area contributed by atoms with Gasteiger partial charge in [-0.3, -0.25) is 0 Å². The molecule has 1 fully saturated rings. The summed E-state index contributed by atoms with van der Waals surface area (Å²) in [5.41, 5.74) is 7.54. The average molecular weight is 298 g/mol. The first-order chi connectivity index (χ1) is 9.06. The predicted octanol–water partition coefficient (Wildman–Crippen LogP) is 0.699. The zero-order chi connectivity index (χ0) is 13.6. The van der Waals surface area contributed by atoms with Crippen molar-refractivity contribution in [2.75, 3.05) is 23.7 Å². The number of aliphatic hydroxyl groups is 2. The van der Waals surface area contributed by atoms with Crippen LogP contribution in [0.2, 0.25) is 0 Å². The highest BCUT2D eigenvalue weighted by Gasteiger charge is 2.33. The summed E-state index contributed by atoms with van der Waals surface area (Å²) < 4.78 is 4.18. The molecule has 0 saturated carbocycles. The van der Waals surface area contributed by atoms with Gasteiger partial charge in [0.2, 0.25) is 0 Å². The molecule has 0 aromatic carbocycles. The van der Waals surface area contributed by atoms with Crippen molar-refractivity contribution in [3.8, 4) is 11.3 Å². The van der Waals surface area contributed by atoms with Crippen LogP contribution in [0.4, 0.5) is 10.8 Å². The molecule has 2 unspecified atom stereocenters. The van der Waals surface area contributed by atoms with Crippen LogP contribution < -0.4 is 10.6 Å². The SMILES string of the molecule is Cc1nc(-c2c(N)nsc2N2CC(O)C(O)C2)cs1. The molecule has 0 amide bonds. The Labute approximate surface area is 118 Å². The van der Waals surface area contributed by atoms with Crippen molar-refractivity contribution >= 4 is 33.7 Å². The third-order valence-electron chi connectivity index (χ3n) is 3.12. The lowest BCUT2D eigenvalue weighted by Crippen LogP contribution is -2.22. The van der Waals surface area contributed by atoms with Gasteiger partial charge in [-0.25, -0.2) is 4.98 Å². The van der Waals surface area contributed by atoms with Gasteiger partial charge in [-0.05, 0) is 18.5 Å². The molecule has 2 aromatic heterocycles. The predicted molar refractivity (Wildman–Crippen MR) is 76.6 cm³/mol. The van der Waals surface area contributed by atoms with E-state index in [1.807, 2.05) is 17.2 Å². The summed E-state index contributed by atoms with van der Waals surface area (Å²) in [5, 5.41) is 23.1. The summed E-state index contributed by atoms with van der Waals surface area (Å²) in [7, 11) is 0. The second-order valence-electron chi connectivity index (χ2n) is 4.54. The summed E-state index contributed by atoms with van der Waals surface area (Å²) in [6.45, 7) is 2.71. The van der Waals surface area contributed by atoms with Gasteiger partial charge in [0.05, 0.1) is 28.5 Å². The standard InChI is InChI=1S/C11H14N4O2S2/c1-5-13-6(4-18-5)9-10(12)14-19-11(9)15-2-7(16)8(17)3-15/h4,7-8,16-17H,2-3H2,1H3,(H2,12,14). The molecule has 6 nitrogen and oxygen atoms in total. The maximum atomic E-state index is 9.65. The Morgan fingerprint density at radius 2 is 2.05 bits per heavy atom. The minimum Gasteiger partial charge on any atom is -0.389 e. The van der Waals surface area contributed by atoms with Gasteiger partial charge < -0.3 is 20.8 Å². The van der Waals surface area contributed by atoms with Crippen LogP contribution in [-0.2, 0) is 0 Å². The van der Waals surface area contributed by atoms with Crippen LogP contribution in [0.3, 0.4) is 0 Å². The Kier molecular flexibility index (Phi) is 3.17. The molecular formula is C11H14N4O2S2. The van der Waals surface area contributed by atoms with Crippen LogP contribution in [0.5, 0.6) is 0 Å². The number of hydrogen-bond acceptors (Lipinski definition) is 8. The number of thiazole rings is 1. The number of nitrogens with two attached hydrogens (primary N) is 1. The van der Waals surface area contributed by atoms with Crippen molar-refractivity contribution in [2.45, 2.75) is 19.1 Å². The Morgan fingerprint density at radius 1 is 1.37 bits per heavy atom. The van der Waals surface area contributed by atoms with Crippen LogP contribution in [-0.4, -0.2) is 44.9 Å². The minimum absolute atomic E-state index is 0.388. The first-order valence-corrected chi connectivity index (χ1v) is 7.50. The van der Waals surface area contributed by atoms with Gasteiger partial charge in [-0.15, -0.1) is 11.3 Å². The van der Waals surface area contributed by atoms with Crippen molar-refractivity contribution in [3.05, 3.63) is 10.4 Å². The molecule has 0 spiro atoms. The van der Waals surface area contributed by atoms with Gasteiger partial charge in [0, 0.05) is 18.5 Å². The quantitative estimate of drug-likeness (QED) is 0.755. The second-order valence-corrected chi connectivity index (χ2v) is 6.35. The summed E-state index contributed by atoms with van der Waals surface area (Å²) in [4.78, 5) is 6.35. The fourth-order valence-electron chi connectivity index (χ4n) is 2.16. The van der Waals surface area contributed by atoms with E-state index in [1.54, 1.807) is 11.3 Å². The molecular weight excluding hydrogens is 284 g/mol. The summed E-state index contributed by atoms with van der Waals surface area (Å²) >= 11 is 2.83. The van der Waals surface area contributed by atoms with E-state index >= 15 is 0 Å². The monoisotopic (exact) mass is 298 g/mol. The Hall–Kier alpha value is -1.22. The Bertz CT molecular complexity index is 587. The summed E-state index contributed by atoms with van der Waals surface area (Å²) in [6, 6.07) is 0. The lowest BCUT2D eigenvalue weighted by Gasteiger charge is -2.16. The lowest BCUT2D eigenvalue weighted by molar-refractivity contribution is 0.0572. The molecule has 0 aliphatic carbocycles. The molecule has 1 aliphatic heterocycles. The smallest absolute Gasteiger partial charge is 0.148 e. The highest BCUT2D eigenvalue weighted by molar-refractivity contribution is 7.11. The number of aryl methyl sites for hydroxylation is 1.